The van der Waals surface area contributed by atoms with Crippen LogP contribution in [-0.2, 0) is 21.2 Å². The molecular formula is C22H25NO5S. The van der Waals surface area contributed by atoms with Crippen molar-refractivity contribution in [2.75, 3.05) is 25.7 Å². The SMILES string of the molecule is COc1ccc(/C=C/C(=O)N(Cc2ccc(OC)cc2)[C@H]2CCS(=O)(=O)C2)cc1. The second-order valence-electron chi connectivity index (χ2n) is 6.98. The van der Waals surface area contributed by atoms with Crippen LogP contribution in [-0.4, -0.2) is 51.0 Å². The zero-order chi connectivity index (χ0) is 20.9. The van der Waals surface area contributed by atoms with Crippen LogP contribution < -0.4 is 9.47 Å². The monoisotopic (exact) mass is 415 g/mol. The van der Waals surface area contributed by atoms with Crippen LogP contribution in [0.2, 0.25) is 0 Å². The van der Waals surface area contributed by atoms with E-state index in [1.165, 1.54) is 6.08 Å². The van der Waals surface area contributed by atoms with Crippen molar-refractivity contribution in [2.45, 2.75) is 19.0 Å². The lowest BCUT2D eigenvalue weighted by atomic mass is 10.1. The third-order valence-corrected chi connectivity index (χ3v) is 6.73. The number of hydrogen-bond acceptors (Lipinski definition) is 5. The van der Waals surface area contributed by atoms with Crippen LogP contribution in [0.4, 0.5) is 0 Å². The first kappa shape index (κ1) is 20.9. The molecule has 0 spiro atoms. The van der Waals surface area contributed by atoms with Crippen molar-refractivity contribution in [1.82, 2.24) is 4.90 Å². The highest BCUT2D eigenvalue weighted by Gasteiger charge is 2.34. The van der Waals surface area contributed by atoms with Gasteiger partial charge in [0.05, 0.1) is 25.7 Å². The molecule has 0 radical (unpaired) electrons. The largest absolute Gasteiger partial charge is 0.497 e. The lowest BCUT2D eigenvalue weighted by molar-refractivity contribution is -0.128. The Bertz CT molecular complexity index is 965. The van der Waals surface area contributed by atoms with E-state index in [2.05, 4.69) is 0 Å². The van der Waals surface area contributed by atoms with Crippen molar-refractivity contribution in [3.05, 3.63) is 65.7 Å². The summed E-state index contributed by atoms with van der Waals surface area (Å²) >= 11 is 0. The molecule has 7 heteroatoms. The predicted molar refractivity (Wildman–Crippen MR) is 113 cm³/mol. The number of sulfone groups is 1. The van der Waals surface area contributed by atoms with Crippen LogP contribution in [0.1, 0.15) is 17.5 Å². The third-order valence-electron chi connectivity index (χ3n) is 4.98. The summed E-state index contributed by atoms with van der Waals surface area (Å²) in [5.41, 5.74) is 1.78. The third kappa shape index (κ3) is 5.60. The fraction of sp³-hybridized carbons (Fsp3) is 0.318. The normalized spacial score (nSPS) is 17.9. The molecule has 1 saturated heterocycles. The topological polar surface area (TPSA) is 72.9 Å². The Balaban J connectivity index is 1.78. The molecule has 0 bridgehead atoms. The molecule has 1 atom stereocenters. The average molecular weight is 416 g/mol. The minimum Gasteiger partial charge on any atom is -0.497 e. The quantitative estimate of drug-likeness (QED) is 0.650. The van der Waals surface area contributed by atoms with Gasteiger partial charge in [0.1, 0.15) is 11.5 Å². The van der Waals surface area contributed by atoms with Crippen LogP contribution in [0.15, 0.2) is 54.6 Å². The first-order chi connectivity index (χ1) is 13.9. The Morgan fingerprint density at radius 1 is 1.03 bits per heavy atom. The summed E-state index contributed by atoms with van der Waals surface area (Å²) in [5.74, 6) is 1.39. The number of carbonyl (C=O) groups is 1. The van der Waals surface area contributed by atoms with E-state index >= 15 is 0 Å². The van der Waals surface area contributed by atoms with Crippen molar-refractivity contribution < 1.29 is 22.7 Å². The van der Waals surface area contributed by atoms with Gasteiger partial charge in [0.25, 0.3) is 0 Å². The summed E-state index contributed by atoms with van der Waals surface area (Å²) in [6.07, 6.45) is 3.68. The highest BCUT2D eigenvalue weighted by molar-refractivity contribution is 7.91. The molecule has 6 nitrogen and oxygen atoms in total. The Hall–Kier alpha value is -2.80. The zero-order valence-electron chi connectivity index (χ0n) is 16.6. The number of nitrogens with zero attached hydrogens (tertiary/aromatic N) is 1. The molecule has 0 N–H and O–H groups in total. The molecule has 0 aromatic heterocycles. The summed E-state index contributed by atoms with van der Waals surface area (Å²) in [6.45, 7) is 0.343. The maximum atomic E-state index is 13.0. The number of hydrogen-bond donors (Lipinski definition) is 0. The molecule has 29 heavy (non-hydrogen) atoms. The standard InChI is InChI=1S/C22H25NO5S/c1-27-20-8-3-17(4-9-20)7-12-22(24)23(19-13-14-29(25,26)16-19)15-18-5-10-21(28-2)11-6-18/h3-12,19H,13-16H2,1-2H3/b12-7+/t19-/m0/s1. The van der Waals surface area contributed by atoms with Gasteiger partial charge in [-0.05, 0) is 47.9 Å². The van der Waals surface area contributed by atoms with Crippen molar-refractivity contribution in [3.63, 3.8) is 0 Å². The molecule has 1 heterocycles. The summed E-state index contributed by atoms with van der Waals surface area (Å²) in [6, 6.07) is 14.5. The molecule has 1 fully saturated rings. The maximum Gasteiger partial charge on any atom is 0.247 e. The molecule has 0 unspecified atom stereocenters. The van der Waals surface area contributed by atoms with E-state index in [0.717, 1.165) is 22.6 Å². The summed E-state index contributed by atoms with van der Waals surface area (Å²) in [5, 5.41) is 0. The fourth-order valence-electron chi connectivity index (χ4n) is 3.31. The van der Waals surface area contributed by atoms with Crippen molar-refractivity contribution in [2.24, 2.45) is 0 Å². The average Bonchev–Trinajstić information content (AvgIpc) is 3.10. The van der Waals surface area contributed by atoms with Gasteiger partial charge in [-0.15, -0.1) is 0 Å². The van der Waals surface area contributed by atoms with Crippen LogP contribution in [0.25, 0.3) is 6.08 Å². The van der Waals surface area contributed by atoms with E-state index < -0.39 is 9.84 Å². The summed E-state index contributed by atoms with van der Waals surface area (Å²) in [7, 11) is 0.0901. The second-order valence-corrected chi connectivity index (χ2v) is 9.21. The minimum atomic E-state index is -3.10. The molecule has 1 aliphatic rings. The number of benzene rings is 2. The number of carbonyl (C=O) groups excluding carboxylic acids is 1. The van der Waals surface area contributed by atoms with Gasteiger partial charge in [-0.3, -0.25) is 4.79 Å². The van der Waals surface area contributed by atoms with Crippen molar-refractivity contribution >= 4 is 21.8 Å². The molecule has 1 amide bonds. The van der Waals surface area contributed by atoms with Crippen LogP contribution >= 0.6 is 0 Å². The van der Waals surface area contributed by atoms with Gasteiger partial charge in [0.15, 0.2) is 9.84 Å². The molecule has 2 aromatic carbocycles. The predicted octanol–water partition coefficient (Wildman–Crippen LogP) is 2.93. The summed E-state index contributed by atoms with van der Waals surface area (Å²) in [4.78, 5) is 14.6. The molecule has 0 aliphatic carbocycles. The Morgan fingerprint density at radius 3 is 2.14 bits per heavy atom. The van der Waals surface area contributed by atoms with Gasteiger partial charge in [-0.1, -0.05) is 24.3 Å². The lowest BCUT2D eigenvalue weighted by Crippen LogP contribution is -2.39. The molecule has 2 aromatic rings. The Morgan fingerprint density at radius 2 is 1.62 bits per heavy atom. The Labute approximate surface area is 171 Å². The molecule has 1 aliphatic heterocycles. The number of amides is 1. The maximum absolute atomic E-state index is 13.0. The van der Waals surface area contributed by atoms with E-state index in [1.54, 1.807) is 25.2 Å². The van der Waals surface area contributed by atoms with E-state index in [0.29, 0.717) is 13.0 Å². The first-order valence-electron chi connectivity index (χ1n) is 9.36. The van der Waals surface area contributed by atoms with E-state index in [9.17, 15) is 13.2 Å². The Kier molecular flexibility index (Phi) is 6.59. The fourth-order valence-corrected chi connectivity index (χ4v) is 5.04. The van der Waals surface area contributed by atoms with E-state index in [4.69, 9.17) is 9.47 Å². The second kappa shape index (κ2) is 9.13. The van der Waals surface area contributed by atoms with Crippen molar-refractivity contribution in [3.8, 4) is 11.5 Å². The molecule has 3 rings (SSSR count). The van der Waals surface area contributed by atoms with Gasteiger partial charge in [0.2, 0.25) is 5.91 Å². The van der Waals surface area contributed by atoms with E-state index in [1.807, 2.05) is 48.5 Å². The van der Waals surface area contributed by atoms with Gasteiger partial charge in [-0.25, -0.2) is 8.42 Å². The van der Waals surface area contributed by atoms with Crippen LogP contribution in [0.3, 0.4) is 0 Å². The van der Waals surface area contributed by atoms with Crippen LogP contribution in [0, 0.1) is 0 Å². The number of rotatable bonds is 7. The number of methoxy groups -OCH3 is 2. The molecular weight excluding hydrogens is 390 g/mol. The van der Waals surface area contributed by atoms with Crippen molar-refractivity contribution in [1.29, 1.82) is 0 Å². The molecule has 154 valence electrons. The smallest absolute Gasteiger partial charge is 0.247 e. The minimum absolute atomic E-state index is 0.00523. The zero-order valence-corrected chi connectivity index (χ0v) is 17.4. The van der Waals surface area contributed by atoms with Gasteiger partial charge in [0, 0.05) is 18.7 Å². The molecule has 0 saturated carbocycles. The van der Waals surface area contributed by atoms with Gasteiger partial charge < -0.3 is 14.4 Å². The summed E-state index contributed by atoms with van der Waals surface area (Å²) < 4.78 is 34.2. The highest BCUT2D eigenvalue weighted by atomic mass is 32.2. The lowest BCUT2D eigenvalue weighted by Gasteiger charge is -2.27. The number of ether oxygens (including phenoxy) is 2. The highest BCUT2D eigenvalue weighted by Crippen LogP contribution is 2.22. The van der Waals surface area contributed by atoms with Gasteiger partial charge >= 0.3 is 0 Å². The van der Waals surface area contributed by atoms with Gasteiger partial charge in [-0.2, -0.15) is 0 Å². The first-order valence-corrected chi connectivity index (χ1v) is 11.2. The van der Waals surface area contributed by atoms with Crippen LogP contribution in [0.5, 0.6) is 11.5 Å². The van der Waals surface area contributed by atoms with E-state index in [-0.39, 0.29) is 23.5 Å².